The fourth-order valence-electron chi connectivity index (χ4n) is 3.15. The largest absolute Gasteiger partial charge is 0.447 e. The average molecular weight is 477 g/mol. The summed E-state index contributed by atoms with van der Waals surface area (Å²) in [6, 6.07) is 12.3. The summed E-state index contributed by atoms with van der Waals surface area (Å²) < 4.78 is 7.57. The second kappa shape index (κ2) is 10.5. The third-order valence-corrected chi connectivity index (χ3v) is 4.92. The predicted octanol–water partition coefficient (Wildman–Crippen LogP) is 3.74. The van der Waals surface area contributed by atoms with E-state index in [9.17, 15) is 4.79 Å². The zero-order valence-corrected chi connectivity index (χ0v) is 19.1. The molecule has 34 heavy (non-hydrogen) atoms. The summed E-state index contributed by atoms with van der Waals surface area (Å²) in [6.45, 7) is 4.00. The van der Waals surface area contributed by atoms with Crippen molar-refractivity contribution in [3.8, 4) is 17.2 Å². The van der Waals surface area contributed by atoms with Gasteiger partial charge in [0, 0.05) is 30.1 Å². The Kier molecular flexibility index (Phi) is 7.09. The number of H-pyrrole nitrogens is 1. The lowest BCUT2D eigenvalue weighted by atomic mass is 10.2. The molecule has 11 heteroatoms. The Hall–Kier alpha value is -4.31. The molecule has 0 spiro atoms. The summed E-state index contributed by atoms with van der Waals surface area (Å²) in [5.74, 6) is 1.33. The molecule has 0 saturated carbocycles. The lowest BCUT2D eigenvalue weighted by Gasteiger charge is -2.10. The summed E-state index contributed by atoms with van der Waals surface area (Å²) >= 11 is 6.45. The van der Waals surface area contributed by atoms with Gasteiger partial charge >= 0.3 is 0 Å². The number of benzene rings is 1. The molecule has 172 valence electrons. The van der Waals surface area contributed by atoms with E-state index < -0.39 is 6.23 Å². The number of halogens is 1. The van der Waals surface area contributed by atoms with Crippen LogP contribution in [0.15, 0.2) is 77.2 Å². The summed E-state index contributed by atoms with van der Waals surface area (Å²) in [5, 5.41) is 13.3. The van der Waals surface area contributed by atoms with Gasteiger partial charge in [0.15, 0.2) is 11.6 Å². The zero-order chi connectivity index (χ0) is 23.9. The molecule has 0 radical (unpaired) electrons. The van der Waals surface area contributed by atoms with E-state index in [2.05, 4.69) is 35.7 Å². The highest BCUT2D eigenvalue weighted by Crippen LogP contribution is 2.27. The number of para-hydroxylation sites is 1. The molecule has 10 nitrogen and oxygen atoms in total. The molecule has 1 unspecified atom stereocenters. The highest BCUT2D eigenvalue weighted by atomic mass is 35.5. The Morgan fingerprint density at radius 3 is 2.74 bits per heavy atom. The molecule has 4 aromatic rings. The fraction of sp³-hybridized carbons (Fsp3) is 0.130. The third-order valence-electron chi connectivity index (χ3n) is 4.60. The number of nitrogens with one attached hydrogen (secondary N) is 2. The monoisotopic (exact) mass is 476 g/mol. The van der Waals surface area contributed by atoms with E-state index in [0.717, 1.165) is 0 Å². The van der Waals surface area contributed by atoms with Crippen molar-refractivity contribution >= 4 is 23.6 Å². The minimum absolute atomic E-state index is 0.220. The van der Waals surface area contributed by atoms with Crippen LogP contribution in [0.5, 0.6) is 0 Å². The SMILES string of the molecule is CC.O=c1cc(C2NN=C(/C=C/c3nnc(-c4ccncn4)n3-c3ccccc3Cl)O2)cc[nH]1. The molecular formula is C23H21ClN8O2. The van der Waals surface area contributed by atoms with Crippen LogP contribution >= 0.6 is 11.6 Å². The molecule has 0 amide bonds. The Labute approximate surface area is 200 Å². The van der Waals surface area contributed by atoms with Gasteiger partial charge in [-0.1, -0.05) is 37.6 Å². The minimum Gasteiger partial charge on any atom is -0.447 e. The maximum absolute atomic E-state index is 11.5. The van der Waals surface area contributed by atoms with E-state index in [-0.39, 0.29) is 5.56 Å². The zero-order valence-electron chi connectivity index (χ0n) is 18.4. The van der Waals surface area contributed by atoms with Gasteiger partial charge in [0.2, 0.25) is 17.7 Å². The Balaban J connectivity index is 0.00000133. The summed E-state index contributed by atoms with van der Waals surface area (Å²) in [4.78, 5) is 22.3. The Morgan fingerprint density at radius 1 is 1.12 bits per heavy atom. The van der Waals surface area contributed by atoms with Crippen molar-refractivity contribution in [3.05, 3.63) is 94.0 Å². The molecule has 0 fully saturated rings. The van der Waals surface area contributed by atoms with Crippen LogP contribution in [0.3, 0.4) is 0 Å². The second-order valence-electron chi connectivity index (χ2n) is 6.66. The fourth-order valence-corrected chi connectivity index (χ4v) is 3.37. The van der Waals surface area contributed by atoms with Crippen LogP contribution in [0.1, 0.15) is 31.5 Å². The van der Waals surface area contributed by atoms with Crippen molar-refractivity contribution < 1.29 is 4.74 Å². The van der Waals surface area contributed by atoms with Crippen LogP contribution in [0.4, 0.5) is 0 Å². The quantitative estimate of drug-likeness (QED) is 0.449. The van der Waals surface area contributed by atoms with Crippen molar-refractivity contribution in [2.24, 2.45) is 5.10 Å². The third kappa shape index (κ3) is 4.86. The maximum atomic E-state index is 11.5. The number of rotatable bonds is 5. The van der Waals surface area contributed by atoms with Gasteiger partial charge < -0.3 is 9.72 Å². The predicted molar refractivity (Wildman–Crippen MR) is 129 cm³/mol. The summed E-state index contributed by atoms with van der Waals surface area (Å²) in [6.07, 6.45) is 7.43. The highest BCUT2D eigenvalue weighted by Gasteiger charge is 2.21. The first-order valence-corrected chi connectivity index (χ1v) is 10.9. The standard InChI is InChI=1S/C21H15ClN8O2.C2H6/c22-14-3-1-2-4-16(14)30-17(26-28-20(30)15-8-9-23-12-25-15)5-6-19-27-29-21(32-19)13-7-10-24-18(31)11-13;1-2/h1-12,21,29H,(H,24,31);1-2H3/b6-5+;. The van der Waals surface area contributed by atoms with E-state index in [4.69, 9.17) is 16.3 Å². The molecule has 1 aliphatic rings. The van der Waals surface area contributed by atoms with E-state index in [0.29, 0.717) is 39.5 Å². The van der Waals surface area contributed by atoms with Crippen molar-refractivity contribution in [2.45, 2.75) is 20.1 Å². The molecule has 4 heterocycles. The number of aromatic nitrogens is 6. The molecule has 5 rings (SSSR count). The molecule has 0 aliphatic carbocycles. The number of hydrogen-bond acceptors (Lipinski definition) is 8. The van der Waals surface area contributed by atoms with E-state index in [1.807, 2.05) is 32.0 Å². The van der Waals surface area contributed by atoms with Crippen LogP contribution in [0, 0.1) is 0 Å². The van der Waals surface area contributed by atoms with Gasteiger partial charge in [-0.05, 0) is 30.3 Å². The van der Waals surface area contributed by atoms with Crippen molar-refractivity contribution in [3.63, 3.8) is 0 Å². The van der Waals surface area contributed by atoms with Gasteiger partial charge in [-0.25, -0.2) is 9.97 Å². The smallest absolute Gasteiger partial charge is 0.248 e. The summed E-state index contributed by atoms with van der Waals surface area (Å²) in [7, 11) is 0. The number of nitrogens with zero attached hydrogens (tertiary/aromatic N) is 6. The number of hydrogen-bond donors (Lipinski definition) is 2. The van der Waals surface area contributed by atoms with Gasteiger partial charge in [0.1, 0.15) is 12.0 Å². The van der Waals surface area contributed by atoms with E-state index in [1.165, 1.54) is 12.4 Å². The number of pyridine rings is 1. The van der Waals surface area contributed by atoms with Gasteiger partial charge in [0.05, 0.1) is 10.7 Å². The molecule has 1 aromatic carbocycles. The van der Waals surface area contributed by atoms with Crippen LogP contribution < -0.4 is 11.0 Å². The lowest BCUT2D eigenvalue weighted by Crippen LogP contribution is -2.15. The Bertz CT molecular complexity index is 1380. The van der Waals surface area contributed by atoms with E-state index in [1.54, 1.807) is 47.3 Å². The maximum Gasteiger partial charge on any atom is 0.248 e. The lowest BCUT2D eigenvalue weighted by molar-refractivity contribution is 0.192. The van der Waals surface area contributed by atoms with Gasteiger partial charge in [-0.15, -0.1) is 15.3 Å². The first-order chi connectivity index (χ1) is 16.7. The molecule has 1 aliphatic heterocycles. The topological polar surface area (TPSA) is 123 Å². The van der Waals surface area contributed by atoms with Crippen molar-refractivity contribution in [1.29, 1.82) is 0 Å². The molecule has 1 atom stereocenters. The van der Waals surface area contributed by atoms with Crippen molar-refractivity contribution in [2.75, 3.05) is 0 Å². The van der Waals surface area contributed by atoms with E-state index >= 15 is 0 Å². The van der Waals surface area contributed by atoms with Crippen LogP contribution in [0.25, 0.3) is 23.3 Å². The minimum atomic E-state index is -0.560. The van der Waals surface area contributed by atoms with Crippen molar-refractivity contribution in [1.82, 2.24) is 35.1 Å². The second-order valence-corrected chi connectivity index (χ2v) is 7.07. The molecular weight excluding hydrogens is 456 g/mol. The molecule has 3 aromatic heterocycles. The molecule has 2 N–H and O–H groups in total. The Morgan fingerprint density at radius 2 is 1.97 bits per heavy atom. The molecule has 0 saturated heterocycles. The van der Waals surface area contributed by atoms with Crippen LogP contribution in [-0.2, 0) is 4.74 Å². The van der Waals surface area contributed by atoms with Gasteiger partial charge in [-0.2, -0.15) is 0 Å². The number of aromatic amines is 1. The normalized spacial score (nSPS) is 14.7. The number of ether oxygens (including phenoxy) is 1. The average Bonchev–Trinajstić information content (AvgIpc) is 3.52. The highest BCUT2D eigenvalue weighted by molar-refractivity contribution is 6.32. The first-order valence-electron chi connectivity index (χ1n) is 10.5. The first kappa shape index (κ1) is 22.9. The van der Waals surface area contributed by atoms with Crippen LogP contribution in [-0.4, -0.2) is 35.6 Å². The van der Waals surface area contributed by atoms with Crippen LogP contribution in [0.2, 0.25) is 5.02 Å². The number of hydrazone groups is 1. The van der Waals surface area contributed by atoms with Gasteiger partial charge in [0.25, 0.3) is 0 Å². The summed E-state index contributed by atoms with van der Waals surface area (Å²) in [5.41, 5.74) is 4.58. The molecule has 0 bridgehead atoms. The van der Waals surface area contributed by atoms with Gasteiger partial charge in [-0.3, -0.25) is 14.8 Å².